The lowest BCUT2D eigenvalue weighted by atomic mass is 9.85. The van der Waals surface area contributed by atoms with E-state index in [0.29, 0.717) is 32.6 Å². The number of phenols is 1. The van der Waals surface area contributed by atoms with Crippen LogP contribution in [0.1, 0.15) is 28.3 Å². The fourth-order valence-electron chi connectivity index (χ4n) is 3.56. The molecular formula is C23H17Cl3N2O. The summed E-state index contributed by atoms with van der Waals surface area (Å²) in [5, 5.41) is 13.6. The molecule has 0 amide bonds. The van der Waals surface area contributed by atoms with Crippen molar-refractivity contribution in [1.82, 2.24) is 9.97 Å². The number of nitrogens with zero attached hydrogens (tertiary/aromatic N) is 2. The number of pyridine rings is 2. The number of rotatable bonds is 4. The lowest BCUT2D eigenvalue weighted by Gasteiger charge is -2.22. The Labute approximate surface area is 183 Å². The zero-order valence-electron chi connectivity index (χ0n) is 15.5. The van der Waals surface area contributed by atoms with E-state index >= 15 is 0 Å². The molecule has 1 atom stereocenters. The maximum Gasteiger partial charge on any atom is 0.145 e. The fourth-order valence-corrected chi connectivity index (χ4v) is 4.32. The van der Waals surface area contributed by atoms with Gasteiger partial charge in [-0.3, -0.25) is 9.97 Å². The second-order valence-electron chi connectivity index (χ2n) is 6.90. The van der Waals surface area contributed by atoms with Crippen LogP contribution in [0.3, 0.4) is 0 Å². The van der Waals surface area contributed by atoms with Gasteiger partial charge < -0.3 is 5.11 Å². The Morgan fingerprint density at radius 3 is 2.41 bits per heavy atom. The van der Waals surface area contributed by atoms with Crippen molar-refractivity contribution in [2.24, 2.45) is 0 Å². The van der Waals surface area contributed by atoms with Gasteiger partial charge in [-0.05, 0) is 42.3 Å². The average Bonchev–Trinajstić information content (AvgIpc) is 2.70. The third-order valence-electron chi connectivity index (χ3n) is 5.02. The Balaban J connectivity index is 1.91. The summed E-state index contributed by atoms with van der Waals surface area (Å²) in [4.78, 5) is 8.81. The number of aromatic nitrogens is 2. The van der Waals surface area contributed by atoms with Crippen molar-refractivity contribution >= 4 is 45.7 Å². The molecular weight excluding hydrogens is 427 g/mol. The van der Waals surface area contributed by atoms with Crippen molar-refractivity contribution < 1.29 is 5.11 Å². The smallest absolute Gasteiger partial charge is 0.145 e. The van der Waals surface area contributed by atoms with E-state index in [2.05, 4.69) is 9.97 Å². The third kappa shape index (κ3) is 3.91. The summed E-state index contributed by atoms with van der Waals surface area (Å²) in [6.07, 6.45) is 3.79. The molecule has 1 unspecified atom stereocenters. The minimum Gasteiger partial charge on any atom is -0.505 e. The minimum atomic E-state index is -0.310. The molecule has 6 heteroatoms. The lowest BCUT2D eigenvalue weighted by Crippen LogP contribution is -2.09. The highest BCUT2D eigenvalue weighted by molar-refractivity contribution is 6.36. The molecule has 29 heavy (non-hydrogen) atoms. The Morgan fingerprint density at radius 1 is 0.931 bits per heavy atom. The van der Waals surface area contributed by atoms with Gasteiger partial charge in [0.15, 0.2) is 0 Å². The van der Waals surface area contributed by atoms with Gasteiger partial charge in [-0.25, -0.2) is 0 Å². The van der Waals surface area contributed by atoms with E-state index < -0.39 is 0 Å². The van der Waals surface area contributed by atoms with Gasteiger partial charge in [0.2, 0.25) is 0 Å². The van der Waals surface area contributed by atoms with E-state index in [1.54, 1.807) is 30.6 Å². The van der Waals surface area contributed by atoms with Gasteiger partial charge in [0.25, 0.3) is 0 Å². The molecule has 0 aliphatic carbocycles. The minimum absolute atomic E-state index is 0.120. The highest BCUT2D eigenvalue weighted by atomic mass is 35.5. The van der Waals surface area contributed by atoms with Gasteiger partial charge in [-0.1, -0.05) is 59.1 Å². The molecule has 0 radical (unpaired) electrons. The molecule has 0 aliphatic rings. The van der Waals surface area contributed by atoms with Crippen LogP contribution in [0.2, 0.25) is 15.1 Å². The maximum atomic E-state index is 11.0. The molecule has 0 spiro atoms. The van der Waals surface area contributed by atoms with Gasteiger partial charge in [-0.2, -0.15) is 0 Å². The van der Waals surface area contributed by atoms with Gasteiger partial charge in [0.05, 0.1) is 5.02 Å². The fraction of sp³-hybridized carbons (Fsp3) is 0.130. The Morgan fingerprint density at radius 2 is 1.69 bits per heavy atom. The zero-order chi connectivity index (χ0) is 20.5. The summed E-state index contributed by atoms with van der Waals surface area (Å²) >= 11 is 19.2. The first-order chi connectivity index (χ1) is 14.0. The number of aromatic hydroxyl groups is 1. The monoisotopic (exact) mass is 442 g/mol. The first-order valence-corrected chi connectivity index (χ1v) is 10.2. The molecule has 4 rings (SSSR count). The van der Waals surface area contributed by atoms with Gasteiger partial charge in [0.1, 0.15) is 11.3 Å². The number of hydrogen-bond donors (Lipinski definition) is 1. The number of phenolic OH excluding ortho intramolecular Hbond substituents is 1. The molecule has 0 saturated carbocycles. The molecule has 2 heterocycles. The Kier molecular flexibility index (Phi) is 5.64. The summed E-state index contributed by atoms with van der Waals surface area (Å²) in [5.74, 6) is -0.189. The summed E-state index contributed by atoms with van der Waals surface area (Å²) in [7, 11) is 0. The molecule has 0 aliphatic heterocycles. The largest absolute Gasteiger partial charge is 0.505 e. The van der Waals surface area contributed by atoms with Gasteiger partial charge >= 0.3 is 0 Å². The summed E-state index contributed by atoms with van der Waals surface area (Å²) in [6, 6.07) is 14.9. The number of benzene rings is 2. The standard InChI is InChI=1S/C23H17Cl3N2O/c1-13-10-15(28-12-20(13)26)11-17(21-18(24)5-2-6-19(21)25)16-8-7-14-4-3-9-27-22(14)23(16)29/h2-10,12,17,29H,11H2,1H3. The number of aryl methyl sites for hydroxylation is 1. The van der Waals surface area contributed by atoms with Crippen molar-refractivity contribution in [3.8, 4) is 5.75 Å². The second-order valence-corrected chi connectivity index (χ2v) is 8.12. The van der Waals surface area contributed by atoms with Crippen LogP contribution in [0.25, 0.3) is 10.9 Å². The summed E-state index contributed by atoms with van der Waals surface area (Å²) in [6.45, 7) is 1.93. The van der Waals surface area contributed by atoms with Crippen LogP contribution in [0.15, 0.2) is 60.9 Å². The van der Waals surface area contributed by atoms with E-state index in [9.17, 15) is 5.11 Å². The molecule has 146 valence electrons. The Bertz CT molecular complexity index is 1190. The average molecular weight is 444 g/mol. The van der Waals surface area contributed by atoms with Crippen molar-refractivity contribution in [2.45, 2.75) is 19.3 Å². The third-order valence-corrected chi connectivity index (χ3v) is 6.07. The zero-order valence-corrected chi connectivity index (χ0v) is 17.8. The topological polar surface area (TPSA) is 46.0 Å². The number of halogens is 3. The molecule has 0 fully saturated rings. The SMILES string of the molecule is Cc1cc(CC(c2ccc3cccnc3c2O)c2c(Cl)cccc2Cl)ncc1Cl. The van der Waals surface area contributed by atoms with Crippen LogP contribution in [0, 0.1) is 6.92 Å². The van der Waals surface area contributed by atoms with Crippen molar-refractivity contribution in [2.75, 3.05) is 0 Å². The van der Waals surface area contributed by atoms with E-state index in [-0.39, 0.29) is 11.7 Å². The van der Waals surface area contributed by atoms with Gasteiger partial charge in [0, 0.05) is 51.4 Å². The first-order valence-electron chi connectivity index (χ1n) is 9.07. The maximum absolute atomic E-state index is 11.0. The lowest BCUT2D eigenvalue weighted by molar-refractivity contribution is 0.469. The van der Waals surface area contributed by atoms with Crippen molar-refractivity contribution in [3.05, 3.63) is 98.4 Å². The van der Waals surface area contributed by atoms with Crippen LogP contribution in [0.4, 0.5) is 0 Å². The van der Waals surface area contributed by atoms with Crippen LogP contribution in [-0.2, 0) is 6.42 Å². The normalized spacial score (nSPS) is 12.3. The van der Waals surface area contributed by atoms with E-state index in [1.807, 2.05) is 37.3 Å². The predicted molar refractivity (Wildman–Crippen MR) is 119 cm³/mol. The molecule has 4 aromatic rings. The van der Waals surface area contributed by atoms with E-state index in [1.165, 1.54) is 0 Å². The molecule has 3 nitrogen and oxygen atoms in total. The highest BCUT2D eigenvalue weighted by Gasteiger charge is 2.25. The predicted octanol–water partition coefficient (Wildman–Crippen LogP) is 6.98. The highest BCUT2D eigenvalue weighted by Crippen LogP contribution is 2.42. The number of hydrogen-bond acceptors (Lipinski definition) is 3. The van der Waals surface area contributed by atoms with Crippen LogP contribution in [0.5, 0.6) is 5.75 Å². The summed E-state index contributed by atoms with van der Waals surface area (Å²) < 4.78 is 0. The number of fused-ring (bicyclic) bond motifs is 1. The molecule has 2 aromatic heterocycles. The quantitative estimate of drug-likeness (QED) is 0.370. The molecule has 0 bridgehead atoms. The van der Waals surface area contributed by atoms with E-state index in [0.717, 1.165) is 22.2 Å². The Hall–Kier alpha value is -2.33. The molecule has 0 saturated heterocycles. The second kappa shape index (κ2) is 8.19. The van der Waals surface area contributed by atoms with Crippen molar-refractivity contribution in [1.29, 1.82) is 0 Å². The first kappa shape index (κ1) is 20.0. The van der Waals surface area contributed by atoms with Crippen LogP contribution in [-0.4, -0.2) is 15.1 Å². The van der Waals surface area contributed by atoms with Crippen LogP contribution < -0.4 is 0 Å². The summed E-state index contributed by atoms with van der Waals surface area (Å²) in [5.41, 5.74) is 3.74. The molecule has 1 N–H and O–H groups in total. The van der Waals surface area contributed by atoms with E-state index in [4.69, 9.17) is 34.8 Å². The van der Waals surface area contributed by atoms with Crippen molar-refractivity contribution in [3.63, 3.8) is 0 Å². The van der Waals surface area contributed by atoms with Gasteiger partial charge in [-0.15, -0.1) is 0 Å². The molecule has 2 aromatic carbocycles. The van der Waals surface area contributed by atoms with Crippen LogP contribution >= 0.6 is 34.8 Å².